The van der Waals surface area contributed by atoms with Crippen molar-refractivity contribution in [3.63, 3.8) is 0 Å². The second kappa shape index (κ2) is 4.91. The first-order valence-electron chi connectivity index (χ1n) is 5.78. The van der Waals surface area contributed by atoms with E-state index in [4.69, 9.17) is 15.7 Å². The van der Waals surface area contributed by atoms with E-state index in [1.165, 1.54) is 0 Å². The predicted octanol–water partition coefficient (Wildman–Crippen LogP) is 0.444. The highest BCUT2D eigenvalue weighted by atomic mass is 16.5. The molecule has 6 nitrogen and oxygen atoms in total. The third kappa shape index (κ3) is 3.09. The van der Waals surface area contributed by atoms with Crippen LogP contribution in [0.25, 0.3) is 0 Å². The number of carbonyl (C=O) groups is 1. The number of nitrogens with one attached hydrogen (secondary N) is 1. The van der Waals surface area contributed by atoms with Gasteiger partial charge in [-0.2, -0.15) is 0 Å². The summed E-state index contributed by atoms with van der Waals surface area (Å²) >= 11 is 0. The molecule has 98 valence electrons. The molecule has 0 atom stereocenters. The SMILES string of the molecule is CCOC(C)(C)CNC(=O)C1(C(N)=NO)CC1. The van der Waals surface area contributed by atoms with Crippen LogP contribution in [0.15, 0.2) is 5.16 Å². The molecule has 0 bridgehead atoms. The Hall–Kier alpha value is -1.30. The van der Waals surface area contributed by atoms with Gasteiger partial charge in [0, 0.05) is 13.2 Å². The molecule has 0 aliphatic heterocycles. The number of amidine groups is 1. The molecule has 0 unspecified atom stereocenters. The molecule has 1 aliphatic rings. The summed E-state index contributed by atoms with van der Waals surface area (Å²) in [6.45, 7) is 6.70. The third-order valence-corrected chi connectivity index (χ3v) is 2.99. The standard InChI is InChI=1S/C11H21N3O3/c1-4-17-10(2,3)7-13-9(15)11(5-6-11)8(12)14-16/h16H,4-7H2,1-3H3,(H2,12,14)(H,13,15). The highest BCUT2D eigenvalue weighted by molar-refractivity contribution is 6.09. The molecular formula is C11H21N3O3. The molecule has 17 heavy (non-hydrogen) atoms. The van der Waals surface area contributed by atoms with Crippen LogP contribution in [-0.2, 0) is 9.53 Å². The summed E-state index contributed by atoms with van der Waals surface area (Å²) in [6, 6.07) is 0. The monoisotopic (exact) mass is 243 g/mol. The van der Waals surface area contributed by atoms with E-state index in [2.05, 4.69) is 10.5 Å². The van der Waals surface area contributed by atoms with Gasteiger partial charge in [0.25, 0.3) is 0 Å². The molecule has 0 aromatic carbocycles. The zero-order chi connectivity index (χ0) is 13.1. The van der Waals surface area contributed by atoms with Crippen molar-refractivity contribution in [2.24, 2.45) is 16.3 Å². The van der Waals surface area contributed by atoms with E-state index in [-0.39, 0.29) is 11.7 Å². The first-order chi connectivity index (χ1) is 7.88. The summed E-state index contributed by atoms with van der Waals surface area (Å²) in [6.07, 6.45) is 1.26. The van der Waals surface area contributed by atoms with Crippen LogP contribution < -0.4 is 11.1 Å². The fourth-order valence-corrected chi connectivity index (χ4v) is 1.72. The number of hydrogen-bond donors (Lipinski definition) is 3. The molecule has 0 spiro atoms. The van der Waals surface area contributed by atoms with Crippen molar-refractivity contribution in [2.45, 2.75) is 39.2 Å². The average Bonchev–Trinajstić information content (AvgIpc) is 3.06. The lowest BCUT2D eigenvalue weighted by Gasteiger charge is -2.26. The largest absolute Gasteiger partial charge is 0.409 e. The van der Waals surface area contributed by atoms with E-state index in [9.17, 15) is 4.79 Å². The fourth-order valence-electron chi connectivity index (χ4n) is 1.72. The molecule has 0 radical (unpaired) electrons. The Balaban J connectivity index is 2.51. The number of rotatable bonds is 6. The van der Waals surface area contributed by atoms with Crippen molar-refractivity contribution < 1.29 is 14.7 Å². The molecule has 0 aromatic rings. The van der Waals surface area contributed by atoms with Crippen molar-refractivity contribution in [3.8, 4) is 0 Å². The Bertz CT molecular complexity index is 322. The zero-order valence-corrected chi connectivity index (χ0v) is 10.6. The van der Waals surface area contributed by atoms with Crippen LogP contribution in [0.4, 0.5) is 0 Å². The molecule has 4 N–H and O–H groups in total. The average molecular weight is 243 g/mol. The highest BCUT2D eigenvalue weighted by Crippen LogP contribution is 2.46. The van der Waals surface area contributed by atoms with Gasteiger partial charge in [0.2, 0.25) is 5.91 Å². The Labute approximate surface area is 101 Å². The lowest BCUT2D eigenvalue weighted by molar-refractivity contribution is -0.125. The van der Waals surface area contributed by atoms with Crippen LogP contribution in [0.3, 0.4) is 0 Å². The van der Waals surface area contributed by atoms with Gasteiger partial charge in [0.1, 0.15) is 5.41 Å². The molecule has 0 saturated heterocycles. The van der Waals surface area contributed by atoms with E-state index in [1.54, 1.807) is 0 Å². The molecule has 1 aliphatic carbocycles. The number of nitrogens with zero attached hydrogens (tertiary/aromatic N) is 1. The summed E-state index contributed by atoms with van der Waals surface area (Å²) in [4.78, 5) is 11.9. The maximum absolute atomic E-state index is 11.9. The van der Waals surface area contributed by atoms with E-state index >= 15 is 0 Å². The Kier molecular flexibility index (Phi) is 3.98. The van der Waals surface area contributed by atoms with Gasteiger partial charge in [-0.15, -0.1) is 0 Å². The van der Waals surface area contributed by atoms with Gasteiger partial charge in [-0.25, -0.2) is 0 Å². The summed E-state index contributed by atoms with van der Waals surface area (Å²) < 4.78 is 5.47. The number of ether oxygens (including phenoxy) is 1. The Morgan fingerprint density at radius 2 is 2.18 bits per heavy atom. The van der Waals surface area contributed by atoms with E-state index in [0.717, 1.165) is 0 Å². The molecule has 0 aromatic heterocycles. The van der Waals surface area contributed by atoms with Crippen LogP contribution in [0.1, 0.15) is 33.6 Å². The molecule has 1 amide bonds. The van der Waals surface area contributed by atoms with E-state index < -0.39 is 11.0 Å². The van der Waals surface area contributed by atoms with Gasteiger partial charge in [-0.3, -0.25) is 4.79 Å². The van der Waals surface area contributed by atoms with E-state index in [0.29, 0.717) is 26.0 Å². The number of hydrogen-bond acceptors (Lipinski definition) is 4. The lowest BCUT2D eigenvalue weighted by atomic mass is 10.0. The molecule has 1 fully saturated rings. The van der Waals surface area contributed by atoms with Gasteiger partial charge in [-0.05, 0) is 33.6 Å². The van der Waals surface area contributed by atoms with Crippen molar-refractivity contribution in [1.29, 1.82) is 0 Å². The smallest absolute Gasteiger partial charge is 0.234 e. The highest BCUT2D eigenvalue weighted by Gasteiger charge is 2.54. The topological polar surface area (TPSA) is 96.9 Å². The van der Waals surface area contributed by atoms with Gasteiger partial charge >= 0.3 is 0 Å². The van der Waals surface area contributed by atoms with Crippen molar-refractivity contribution in [1.82, 2.24) is 5.32 Å². The number of nitrogens with two attached hydrogens (primary N) is 1. The molecule has 1 saturated carbocycles. The maximum Gasteiger partial charge on any atom is 0.234 e. The molecule has 6 heteroatoms. The van der Waals surface area contributed by atoms with Crippen molar-refractivity contribution >= 4 is 11.7 Å². The molecule has 0 heterocycles. The minimum Gasteiger partial charge on any atom is -0.409 e. The minimum absolute atomic E-state index is 0.00999. The van der Waals surface area contributed by atoms with Gasteiger partial charge in [0.05, 0.1) is 5.60 Å². The van der Waals surface area contributed by atoms with E-state index in [1.807, 2.05) is 20.8 Å². The fraction of sp³-hybridized carbons (Fsp3) is 0.818. The minimum atomic E-state index is -0.795. The Morgan fingerprint density at radius 3 is 2.59 bits per heavy atom. The first-order valence-corrected chi connectivity index (χ1v) is 5.78. The summed E-state index contributed by atoms with van der Waals surface area (Å²) in [5, 5.41) is 14.3. The first kappa shape index (κ1) is 13.8. The second-order valence-corrected chi connectivity index (χ2v) is 4.94. The normalized spacial score (nSPS) is 18.9. The molecule has 1 rings (SSSR count). The second-order valence-electron chi connectivity index (χ2n) is 4.94. The van der Waals surface area contributed by atoms with Crippen LogP contribution >= 0.6 is 0 Å². The number of amides is 1. The third-order valence-electron chi connectivity index (χ3n) is 2.99. The van der Waals surface area contributed by atoms with Crippen LogP contribution in [0.5, 0.6) is 0 Å². The zero-order valence-electron chi connectivity index (χ0n) is 10.6. The van der Waals surface area contributed by atoms with Crippen molar-refractivity contribution in [2.75, 3.05) is 13.2 Å². The molecular weight excluding hydrogens is 222 g/mol. The number of carbonyl (C=O) groups excluding carboxylic acids is 1. The summed E-state index contributed by atoms with van der Waals surface area (Å²) in [7, 11) is 0. The lowest BCUT2D eigenvalue weighted by Crippen LogP contribution is -2.46. The van der Waals surface area contributed by atoms with Gasteiger partial charge < -0.3 is 21.0 Å². The van der Waals surface area contributed by atoms with Crippen LogP contribution in [0.2, 0.25) is 0 Å². The quantitative estimate of drug-likeness (QED) is 0.273. The summed E-state index contributed by atoms with van der Waals surface area (Å²) in [5.41, 5.74) is 4.31. The van der Waals surface area contributed by atoms with Gasteiger partial charge in [0.15, 0.2) is 5.84 Å². The van der Waals surface area contributed by atoms with Gasteiger partial charge in [-0.1, -0.05) is 5.16 Å². The predicted molar refractivity (Wildman–Crippen MR) is 63.8 cm³/mol. The van der Waals surface area contributed by atoms with Crippen LogP contribution in [0, 0.1) is 5.41 Å². The van der Waals surface area contributed by atoms with Crippen LogP contribution in [-0.4, -0.2) is 35.7 Å². The van der Waals surface area contributed by atoms with Crippen molar-refractivity contribution in [3.05, 3.63) is 0 Å². The summed E-state index contributed by atoms with van der Waals surface area (Å²) in [5.74, 6) is -0.204. The Morgan fingerprint density at radius 1 is 1.59 bits per heavy atom. The number of oxime groups is 1. The maximum atomic E-state index is 11.9.